The molecule has 0 fully saturated rings. The predicted octanol–water partition coefficient (Wildman–Crippen LogP) is 3.00. The molecule has 130 valence electrons. The summed E-state index contributed by atoms with van der Waals surface area (Å²) in [6.07, 6.45) is 0.632. The van der Waals surface area contributed by atoms with Gasteiger partial charge in [0.25, 0.3) is 0 Å². The van der Waals surface area contributed by atoms with Crippen LogP contribution in [0.15, 0.2) is 48.5 Å². The van der Waals surface area contributed by atoms with Gasteiger partial charge in [-0.2, -0.15) is 0 Å². The maximum atomic E-state index is 12.7. The SMILES string of the molecule is CCN(Cc1ccccc1)C(=O)Cc1ccc2c(c1)NC(=O)CCO2. The lowest BCUT2D eigenvalue weighted by molar-refractivity contribution is -0.130. The molecule has 0 aromatic heterocycles. The largest absolute Gasteiger partial charge is 0.491 e. The van der Waals surface area contributed by atoms with Crippen LogP contribution in [0, 0.1) is 0 Å². The Morgan fingerprint density at radius 1 is 1.16 bits per heavy atom. The molecule has 0 spiro atoms. The highest BCUT2D eigenvalue weighted by molar-refractivity contribution is 5.93. The van der Waals surface area contributed by atoms with Gasteiger partial charge in [-0.25, -0.2) is 0 Å². The molecule has 2 aromatic rings. The number of carbonyl (C=O) groups excluding carboxylic acids is 2. The van der Waals surface area contributed by atoms with Gasteiger partial charge in [-0.3, -0.25) is 9.59 Å². The molecule has 0 aliphatic carbocycles. The van der Waals surface area contributed by atoms with E-state index in [0.717, 1.165) is 11.1 Å². The minimum atomic E-state index is -0.0681. The number of amides is 2. The van der Waals surface area contributed by atoms with Crippen LogP contribution in [-0.2, 0) is 22.6 Å². The topological polar surface area (TPSA) is 58.6 Å². The molecular weight excluding hydrogens is 316 g/mol. The number of rotatable bonds is 5. The number of likely N-dealkylation sites (N-methyl/N-ethyl adjacent to an activating group) is 1. The van der Waals surface area contributed by atoms with Crippen LogP contribution >= 0.6 is 0 Å². The third kappa shape index (κ3) is 4.38. The van der Waals surface area contributed by atoms with Gasteiger partial charge < -0.3 is 15.0 Å². The first-order chi connectivity index (χ1) is 12.2. The van der Waals surface area contributed by atoms with Crippen LogP contribution in [0.3, 0.4) is 0 Å². The van der Waals surface area contributed by atoms with Gasteiger partial charge in [0.2, 0.25) is 11.8 Å². The number of nitrogens with one attached hydrogen (secondary N) is 1. The van der Waals surface area contributed by atoms with E-state index in [-0.39, 0.29) is 11.8 Å². The third-order valence-electron chi connectivity index (χ3n) is 4.21. The summed E-state index contributed by atoms with van der Waals surface area (Å²) in [6.45, 7) is 3.60. The standard InChI is InChI=1S/C20H22N2O3/c1-2-22(14-15-6-4-3-5-7-15)20(24)13-16-8-9-18-17(12-16)21-19(23)10-11-25-18/h3-9,12H,2,10-11,13-14H2,1H3,(H,21,23). The Labute approximate surface area is 147 Å². The van der Waals surface area contributed by atoms with Gasteiger partial charge in [-0.05, 0) is 30.2 Å². The second-order valence-corrected chi connectivity index (χ2v) is 6.05. The number of carbonyl (C=O) groups is 2. The number of nitrogens with zero attached hydrogens (tertiary/aromatic N) is 1. The molecule has 0 saturated heterocycles. The number of hydrogen-bond acceptors (Lipinski definition) is 3. The third-order valence-corrected chi connectivity index (χ3v) is 4.21. The molecule has 1 heterocycles. The van der Waals surface area contributed by atoms with Gasteiger partial charge in [0.1, 0.15) is 5.75 Å². The van der Waals surface area contributed by atoms with E-state index >= 15 is 0 Å². The monoisotopic (exact) mass is 338 g/mol. The molecule has 0 saturated carbocycles. The minimum Gasteiger partial charge on any atom is -0.491 e. The maximum absolute atomic E-state index is 12.7. The number of fused-ring (bicyclic) bond motifs is 1. The Morgan fingerprint density at radius 3 is 2.72 bits per heavy atom. The molecule has 2 amide bonds. The van der Waals surface area contributed by atoms with Crippen molar-refractivity contribution in [2.75, 3.05) is 18.5 Å². The number of anilines is 1. The van der Waals surface area contributed by atoms with Crippen LogP contribution in [-0.4, -0.2) is 29.9 Å². The molecule has 1 N–H and O–H groups in total. The Hall–Kier alpha value is -2.82. The average molecular weight is 338 g/mol. The van der Waals surface area contributed by atoms with Crippen molar-refractivity contribution < 1.29 is 14.3 Å². The smallest absolute Gasteiger partial charge is 0.227 e. The second-order valence-electron chi connectivity index (χ2n) is 6.05. The van der Waals surface area contributed by atoms with Gasteiger partial charge in [0.15, 0.2) is 0 Å². The van der Waals surface area contributed by atoms with Gasteiger partial charge in [0, 0.05) is 13.1 Å². The molecule has 5 nitrogen and oxygen atoms in total. The van der Waals surface area contributed by atoms with Crippen LogP contribution in [0.5, 0.6) is 5.75 Å². The fraction of sp³-hybridized carbons (Fsp3) is 0.300. The van der Waals surface area contributed by atoms with Crippen LogP contribution < -0.4 is 10.1 Å². The van der Waals surface area contributed by atoms with E-state index in [1.54, 1.807) is 0 Å². The van der Waals surface area contributed by atoms with E-state index in [2.05, 4.69) is 5.32 Å². The highest BCUT2D eigenvalue weighted by atomic mass is 16.5. The second kappa shape index (κ2) is 7.83. The highest BCUT2D eigenvalue weighted by Gasteiger charge is 2.17. The number of benzene rings is 2. The molecule has 5 heteroatoms. The highest BCUT2D eigenvalue weighted by Crippen LogP contribution is 2.28. The molecule has 0 bridgehead atoms. The lowest BCUT2D eigenvalue weighted by Gasteiger charge is -2.21. The normalized spacial score (nSPS) is 13.2. The average Bonchev–Trinajstić information content (AvgIpc) is 2.80. The van der Waals surface area contributed by atoms with Gasteiger partial charge in [-0.1, -0.05) is 36.4 Å². The molecule has 0 atom stereocenters. The lowest BCUT2D eigenvalue weighted by Crippen LogP contribution is -2.31. The molecule has 1 aliphatic rings. The Morgan fingerprint density at radius 2 is 1.96 bits per heavy atom. The summed E-state index contributed by atoms with van der Waals surface area (Å²) in [5, 5.41) is 2.83. The van der Waals surface area contributed by atoms with Crippen LogP contribution in [0.4, 0.5) is 5.69 Å². The van der Waals surface area contributed by atoms with E-state index in [1.165, 1.54) is 0 Å². The van der Waals surface area contributed by atoms with Crippen molar-refractivity contribution >= 4 is 17.5 Å². The zero-order chi connectivity index (χ0) is 17.6. The molecule has 1 aliphatic heterocycles. The van der Waals surface area contributed by atoms with Crippen molar-refractivity contribution in [3.8, 4) is 5.75 Å². The summed E-state index contributed by atoms with van der Waals surface area (Å²) in [6, 6.07) is 15.5. The molecule has 0 unspecified atom stereocenters. The zero-order valence-electron chi connectivity index (χ0n) is 14.3. The predicted molar refractivity (Wildman–Crippen MR) is 96.4 cm³/mol. The summed E-state index contributed by atoms with van der Waals surface area (Å²) in [4.78, 5) is 26.2. The minimum absolute atomic E-state index is 0.0622. The lowest BCUT2D eigenvalue weighted by atomic mass is 10.1. The van der Waals surface area contributed by atoms with Crippen LogP contribution in [0.2, 0.25) is 0 Å². The summed E-state index contributed by atoms with van der Waals surface area (Å²) >= 11 is 0. The van der Waals surface area contributed by atoms with Crippen molar-refractivity contribution in [3.05, 3.63) is 59.7 Å². The van der Waals surface area contributed by atoms with Crippen molar-refractivity contribution in [2.45, 2.75) is 26.3 Å². The maximum Gasteiger partial charge on any atom is 0.227 e. The zero-order valence-corrected chi connectivity index (χ0v) is 14.3. The van der Waals surface area contributed by atoms with E-state index in [4.69, 9.17) is 4.74 Å². The molecule has 2 aromatic carbocycles. The van der Waals surface area contributed by atoms with Crippen LogP contribution in [0.25, 0.3) is 0 Å². The summed E-state index contributed by atoms with van der Waals surface area (Å²) < 4.78 is 5.55. The van der Waals surface area contributed by atoms with E-state index in [1.807, 2.05) is 60.4 Å². The Kier molecular flexibility index (Phi) is 5.33. The summed E-state index contributed by atoms with van der Waals surface area (Å²) in [7, 11) is 0. The van der Waals surface area contributed by atoms with Gasteiger partial charge >= 0.3 is 0 Å². The first-order valence-corrected chi connectivity index (χ1v) is 8.53. The van der Waals surface area contributed by atoms with Crippen LogP contribution in [0.1, 0.15) is 24.5 Å². The summed E-state index contributed by atoms with van der Waals surface area (Å²) in [5.41, 5.74) is 2.61. The molecule has 25 heavy (non-hydrogen) atoms. The molecule has 0 radical (unpaired) electrons. The van der Waals surface area contributed by atoms with Crippen molar-refractivity contribution in [2.24, 2.45) is 0 Å². The first kappa shape index (κ1) is 17.0. The van der Waals surface area contributed by atoms with Gasteiger partial charge in [-0.15, -0.1) is 0 Å². The Balaban J connectivity index is 1.70. The fourth-order valence-corrected chi connectivity index (χ4v) is 2.84. The van der Waals surface area contributed by atoms with E-state index in [9.17, 15) is 9.59 Å². The fourth-order valence-electron chi connectivity index (χ4n) is 2.84. The van der Waals surface area contributed by atoms with Crippen molar-refractivity contribution in [1.29, 1.82) is 0 Å². The van der Waals surface area contributed by atoms with E-state index < -0.39 is 0 Å². The molecular formula is C20H22N2O3. The number of ether oxygens (including phenoxy) is 1. The van der Waals surface area contributed by atoms with Gasteiger partial charge in [0.05, 0.1) is 25.1 Å². The quantitative estimate of drug-likeness (QED) is 0.912. The number of hydrogen-bond donors (Lipinski definition) is 1. The van der Waals surface area contributed by atoms with Crippen molar-refractivity contribution in [3.63, 3.8) is 0 Å². The van der Waals surface area contributed by atoms with Crippen molar-refractivity contribution in [1.82, 2.24) is 4.90 Å². The molecule has 3 rings (SSSR count). The summed E-state index contributed by atoms with van der Waals surface area (Å²) in [5.74, 6) is 0.646. The first-order valence-electron chi connectivity index (χ1n) is 8.53. The van der Waals surface area contributed by atoms with E-state index in [0.29, 0.717) is 44.0 Å². The Bertz CT molecular complexity index is 759.